The van der Waals surface area contributed by atoms with Gasteiger partial charge in [0.05, 0.1) is 6.61 Å². The van der Waals surface area contributed by atoms with Gasteiger partial charge in [0.25, 0.3) is 6.08 Å². The van der Waals surface area contributed by atoms with Crippen molar-refractivity contribution < 1.29 is 29.6 Å². The number of aromatic nitrogens is 4. The van der Waals surface area contributed by atoms with Gasteiger partial charge < -0.3 is 25.2 Å². The molecular formula is C10H11FN4O5. The van der Waals surface area contributed by atoms with Gasteiger partial charge in [-0.25, -0.2) is 4.98 Å². The van der Waals surface area contributed by atoms with E-state index in [0.717, 1.165) is 10.9 Å². The third-order valence-electron chi connectivity index (χ3n) is 3.19. The molecule has 0 bridgehead atoms. The van der Waals surface area contributed by atoms with E-state index in [1.165, 1.54) is 0 Å². The predicted molar refractivity (Wildman–Crippen MR) is 60.0 cm³/mol. The van der Waals surface area contributed by atoms with Gasteiger partial charge in [-0.05, 0) is 0 Å². The zero-order chi connectivity index (χ0) is 14.4. The number of aliphatic hydroxyl groups is 3. The third-order valence-corrected chi connectivity index (χ3v) is 3.19. The van der Waals surface area contributed by atoms with E-state index in [0.29, 0.717) is 0 Å². The molecule has 1 aliphatic heterocycles. The van der Waals surface area contributed by atoms with Gasteiger partial charge in [-0.2, -0.15) is 14.4 Å². The average molecular weight is 286 g/mol. The standard InChI is InChI=1S/C10H11FN4O5/c11-10-14-4-7(12-2-13-8(4)19)15(10)9-6(18)5(17)3(1-16)20-9/h2-3,5-6,9,16-18H,1H2,(H,12,13,19)/t3-,5-,6-,9-/m1/s1. The zero-order valence-electron chi connectivity index (χ0n) is 9.96. The number of aromatic hydroxyl groups is 1. The molecule has 3 heterocycles. The minimum absolute atomic E-state index is 0.0927. The summed E-state index contributed by atoms with van der Waals surface area (Å²) >= 11 is 0. The summed E-state index contributed by atoms with van der Waals surface area (Å²) in [6.45, 7) is -0.538. The van der Waals surface area contributed by atoms with E-state index in [1.807, 2.05) is 0 Å². The second-order valence-electron chi connectivity index (χ2n) is 4.35. The Morgan fingerprint density at radius 1 is 1.30 bits per heavy atom. The quantitative estimate of drug-likeness (QED) is 0.479. The lowest BCUT2D eigenvalue weighted by Crippen LogP contribution is -2.33. The molecule has 0 radical (unpaired) electrons. The zero-order valence-corrected chi connectivity index (χ0v) is 9.96. The van der Waals surface area contributed by atoms with E-state index in [-0.39, 0.29) is 11.2 Å². The molecule has 3 rings (SSSR count). The van der Waals surface area contributed by atoms with E-state index in [9.17, 15) is 19.7 Å². The van der Waals surface area contributed by atoms with E-state index in [2.05, 4.69) is 15.0 Å². The molecular weight excluding hydrogens is 275 g/mol. The highest BCUT2D eigenvalue weighted by atomic mass is 19.1. The Kier molecular flexibility index (Phi) is 3.01. The van der Waals surface area contributed by atoms with Crippen LogP contribution in [0.4, 0.5) is 4.39 Å². The van der Waals surface area contributed by atoms with Crippen molar-refractivity contribution in [1.29, 1.82) is 0 Å². The van der Waals surface area contributed by atoms with Crippen molar-refractivity contribution in [1.82, 2.24) is 19.5 Å². The van der Waals surface area contributed by atoms with E-state index >= 15 is 0 Å². The van der Waals surface area contributed by atoms with Gasteiger partial charge in [-0.15, -0.1) is 0 Å². The van der Waals surface area contributed by atoms with Crippen LogP contribution in [0.5, 0.6) is 5.88 Å². The molecule has 2 aromatic rings. The molecule has 10 heteroatoms. The highest BCUT2D eigenvalue weighted by molar-refractivity contribution is 5.75. The Morgan fingerprint density at radius 3 is 2.70 bits per heavy atom. The number of aliphatic hydroxyl groups excluding tert-OH is 3. The number of ether oxygens (including phenoxy) is 1. The second kappa shape index (κ2) is 4.59. The lowest BCUT2D eigenvalue weighted by molar-refractivity contribution is -0.0558. The van der Waals surface area contributed by atoms with Crippen LogP contribution in [0.2, 0.25) is 0 Å². The first kappa shape index (κ1) is 13.1. The molecule has 1 fully saturated rings. The summed E-state index contributed by atoms with van der Waals surface area (Å²) in [7, 11) is 0. The maximum atomic E-state index is 13.9. The predicted octanol–water partition coefficient (Wildman–Crippen LogP) is -1.72. The lowest BCUT2D eigenvalue weighted by atomic mass is 10.1. The van der Waals surface area contributed by atoms with Crippen molar-refractivity contribution in [3.05, 3.63) is 12.4 Å². The minimum atomic E-state index is -1.48. The Balaban J connectivity index is 2.11. The molecule has 0 saturated carbocycles. The normalized spacial score (nSPS) is 30.2. The Hall–Kier alpha value is -1.88. The van der Waals surface area contributed by atoms with E-state index in [1.54, 1.807) is 0 Å². The lowest BCUT2D eigenvalue weighted by Gasteiger charge is -2.16. The smallest absolute Gasteiger partial charge is 0.293 e. The molecule has 4 atom stereocenters. The summed E-state index contributed by atoms with van der Waals surface area (Å²) in [5.74, 6) is -0.514. The molecule has 4 N–H and O–H groups in total. The van der Waals surface area contributed by atoms with Crippen molar-refractivity contribution in [2.75, 3.05) is 6.61 Å². The summed E-state index contributed by atoms with van der Waals surface area (Å²) in [5.41, 5.74) is -0.285. The number of hydrogen-bond acceptors (Lipinski definition) is 8. The first-order chi connectivity index (χ1) is 9.54. The number of halogens is 1. The van der Waals surface area contributed by atoms with Gasteiger partial charge in [0.2, 0.25) is 5.88 Å². The fraction of sp³-hybridized carbons (Fsp3) is 0.500. The fourth-order valence-corrected chi connectivity index (χ4v) is 2.19. The van der Waals surface area contributed by atoms with Crippen LogP contribution in [0, 0.1) is 6.08 Å². The molecule has 0 aliphatic carbocycles. The molecule has 108 valence electrons. The van der Waals surface area contributed by atoms with E-state index in [4.69, 9.17) is 9.84 Å². The molecule has 1 saturated heterocycles. The topological polar surface area (TPSA) is 134 Å². The molecule has 9 nitrogen and oxygen atoms in total. The highest BCUT2D eigenvalue weighted by Crippen LogP contribution is 2.33. The summed E-state index contributed by atoms with van der Waals surface area (Å²) in [4.78, 5) is 10.7. The molecule has 0 unspecified atom stereocenters. The molecule has 20 heavy (non-hydrogen) atoms. The van der Waals surface area contributed by atoms with Crippen LogP contribution in [0.1, 0.15) is 6.23 Å². The number of fused-ring (bicyclic) bond motifs is 1. The summed E-state index contributed by atoms with van der Waals surface area (Å²) < 4.78 is 19.9. The van der Waals surface area contributed by atoms with Crippen molar-refractivity contribution >= 4 is 11.2 Å². The number of hydrogen-bond donors (Lipinski definition) is 4. The van der Waals surface area contributed by atoms with E-state index < -0.39 is 43.1 Å². The van der Waals surface area contributed by atoms with Gasteiger partial charge in [0, 0.05) is 0 Å². The molecule has 0 aromatic carbocycles. The van der Waals surface area contributed by atoms with Crippen LogP contribution >= 0.6 is 0 Å². The van der Waals surface area contributed by atoms with Gasteiger partial charge >= 0.3 is 0 Å². The molecule has 2 aromatic heterocycles. The highest BCUT2D eigenvalue weighted by Gasteiger charge is 2.45. The maximum Gasteiger partial charge on any atom is 0.293 e. The SMILES string of the molecule is OC[C@H]1O[C@@H](n2c(F)nc3c(O)ncnc32)[C@H](O)[C@@H]1O. The van der Waals surface area contributed by atoms with Gasteiger partial charge in [-0.1, -0.05) is 0 Å². The molecule has 1 aliphatic rings. The van der Waals surface area contributed by atoms with Crippen LogP contribution in [0.15, 0.2) is 6.33 Å². The fourth-order valence-electron chi connectivity index (χ4n) is 2.19. The van der Waals surface area contributed by atoms with Gasteiger partial charge in [-0.3, -0.25) is 4.57 Å². The van der Waals surface area contributed by atoms with Crippen molar-refractivity contribution in [3.8, 4) is 5.88 Å². The Bertz CT molecular complexity index is 650. The van der Waals surface area contributed by atoms with Crippen LogP contribution < -0.4 is 0 Å². The first-order valence-electron chi connectivity index (χ1n) is 5.74. The molecule has 0 spiro atoms. The largest absolute Gasteiger partial charge is 0.492 e. The monoisotopic (exact) mass is 286 g/mol. The summed E-state index contributed by atoms with van der Waals surface area (Å²) in [6.07, 6.45) is -5.29. The van der Waals surface area contributed by atoms with Gasteiger partial charge in [0.1, 0.15) is 24.6 Å². The average Bonchev–Trinajstić information content (AvgIpc) is 2.90. The first-order valence-corrected chi connectivity index (χ1v) is 5.74. The summed E-state index contributed by atoms with van der Waals surface area (Å²) in [5, 5.41) is 38.0. The van der Waals surface area contributed by atoms with Gasteiger partial charge in [0.15, 0.2) is 17.4 Å². The third kappa shape index (κ3) is 1.73. The van der Waals surface area contributed by atoms with Crippen molar-refractivity contribution in [2.45, 2.75) is 24.5 Å². The number of imidazole rings is 1. The van der Waals surface area contributed by atoms with Crippen LogP contribution in [-0.2, 0) is 4.74 Å². The number of nitrogens with zero attached hydrogens (tertiary/aromatic N) is 4. The Morgan fingerprint density at radius 2 is 2.05 bits per heavy atom. The van der Waals surface area contributed by atoms with Crippen LogP contribution in [0.25, 0.3) is 11.2 Å². The van der Waals surface area contributed by atoms with Crippen LogP contribution in [0.3, 0.4) is 0 Å². The Labute approximate surface area is 110 Å². The number of rotatable bonds is 2. The summed E-state index contributed by atoms with van der Waals surface area (Å²) in [6, 6.07) is 0. The molecule has 0 amide bonds. The maximum absolute atomic E-state index is 13.9. The van der Waals surface area contributed by atoms with Crippen LogP contribution in [-0.4, -0.2) is 64.9 Å². The van der Waals surface area contributed by atoms with Crippen molar-refractivity contribution in [2.24, 2.45) is 0 Å². The minimum Gasteiger partial charge on any atom is -0.492 e. The second-order valence-corrected chi connectivity index (χ2v) is 4.35. The van der Waals surface area contributed by atoms with Crippen molar-refractivity contribution in [3.63, 3.8) is 0 Å².